The van der Waals surface area contributed by atoms with Gasteiger partial charge in [-0.1, -0.05) is 18.7 Å². The molecule has 1 atom stereocenters. The Balaban J connectivity index is 1.99. The van der Waals surface area contributed by atoms with Crippen LogP contribution in [0, 0.1) is 0 Å². The van der Waals surface area contributed by atoms with Gasteiger partial charge in [0.05, 0.1) is 6.04 Å². The zero-order valence-corrected chi connectivity index (χ0v) is 9.21. The van der Waals surface area contributed by atoms with Gasteiger partial charge < -0.3 is 5.32 Å². The molecule has 2 aliphatic rings. The van der Waals surface area contributed by atoms with Crippen LogP contribution in [0.3, 0.4) is 0 Å². The standard InChI is InChI=1S/C9H13F3N2S/c1-2-6-5-15-7(13-6)14-8(3-4-8)9(10,11)12/h6H,2-5H2,1H3,(H,13,14). The van der Waals surface area contributed by atoms with E-state index in [4.69, 9.17) is 0 Å². The van der Waals surface area contributed by atoms with Crippen LogP contribution >= 0.6 is 11.8 Å². The smallest absolute Gasteiger partial charge is 0.351 e. The van der Waals surface area contributed by atoms with E-state index >= 15 is 0 Å². The Morgan fingerprint density at radius 3 is 2.60 bits per heavy atom. The molecule has 15 heavy (non-hydrogen) atoms. The number of hydrogen-bond donors (Lipinski definition) is 1. The van der Waals surface area contributed by atoms with Crippen LogP contribution in [0.4, 0.5) is 13.2 Å². The molecule has 0 radical (unpaired) electrons. The number of hydrogen-bond acceptors (Lipinski definition) is 3. The quantitative estimate of drug-likeness (QED) is 0.799. The lowest BCUT2D eigenvalue weighted by atomic mass is 10.2. The summed E-state index contributed by atoms with van der Waals surface area (Å²) >= 11 is 1.40. The van der Waals surface area contributed by atoms with Gasteiger partial charge in [0.25, 0.3) is 0 Å². The number of thioether (sulfide) groups is 1. The Hall–Kier alpha value is -0.390. The maximum absolute atomic E-state index is 12.6. The molecular weight excluding hydrogens is 225 g/mol. The number of aliphatic imine (C=N–C) groups is 1. The summed E-state index contributed by atoms with van der Waals surface area (Å²) in [7, 11) is 0. The molecule has 0 aromatic rings. The van der Waals surface area contributed by atoms with Crippen LogP contribution < -0.4 is 5.32 Å². The largest absolute Gasteiger partial charge is 0.411 e. The first-order valence-electron chi connectivity index (χ1n) is 5.02. The van der Waals surface area contributed by atoms with Gasteiger partial charge >= 0.3 is 6.18 Å². The van der Waals surface area contributed by atoms with E-state index in [1.54, 1.807) is 0 Å². The molecule has 0 saturated heterocycles. The zero-order valence-electron chi connectivity index (χ0n) is 8.40. The summed E-state index contributed by atoms with van der Waals surface area (Å²) < 4.78 is 37.8. The van der Waals surface area contributed by atoms with Gasteiger partial charge in [0, 0.05) is 5.75 Å². The fourth-order valence-electron chi connectivity index (χ4n) is 1.50. The number of alkyl halides is 3. The molecule has 0 bridgehead atoms. The maximum atomic E-state index is 12.6. The first-order valence-corrected chi connectivity index (χ1v) is 6.01. The first kappa shape index (κ1) is 11.1. The molecule has 1 aliphatic heterocycles. The van der Waals surface area contributed by atoms with E-state index in [1.807, 2.05) is 6.92 Å². The highest BCUT2D eigenvalue weighted by molar-refractivity contribution is 8.14. The van der Waals surface area contributed by atoms with Crippen molar-refractivity contribution in [3.8, 4) is 0 Å². The predicted octanol–water partition coefficient (Wildman–Crippen LogP) is 2.55. The average Bonchev–Trinajstić information content (AvgIpc) is 2.78. The normalized spacial score (nSPS) is 28.8. The molecule has 6 heteroatoms. The van der Waals surface area contributed by atoms with E-state index in [0.29, 0.717) is 5.17 Å². The van der Waals surface area contributed by atoms with Crippen LogP contribution in [-0.2, 0) is 0 Å². The van der Waals surface area contributed by atoms with Gasteiger partial charge in [0.15, 0.2) is 5.17 Å². The lowest BCUT2D eigenvalue weighted by Gasteiger charge is -2.21. The molecule has 2 rings (SSSR count). The Bertz CT molecular complexity index is 284. The number of rotatable bonds is 2. The van der Waals surface area contributed by atoms with E-state index < -0.39 is 11.7 Å². The molecule has 0 aromatic heterocycles. The highest BCUT2D eigenvalue weighted by atomic mass is 32.2. The summed E-state index contributed by atoms with van der Waals surface area (Å²) in [4.78, 5) is 4.21. The first-order chi connectivity index (χ1) is 6.97. The molecule has 86 valence electrons. The van der Waals surface area contributed by atoms with E-state index in [1.165, 1.54) is 11.8 Å². The van der Waals surface area contributed by atoms with E-state index in [9.17, 15) is 13.2 Å². The van der Waals surface area contributed by atoms with Crippen molar-refractivity contribution < 1.29 is 13.2 Å². The minimum atomic E-state index is -4.15. The SMILES string of the molecule is CCC1CSC(NC2(C(F)(F)F)CC2)=N1. The molecule has 2 nitrogen and oxygen atoms in total. The van der Waals surface area contributed by atoms with Crippen molar-refractivity contribution in [3.05, 3.63) is 0 Å². The summed E-state index contributed by atoms with van der Waals surface area (Å²) in [6.07, 6.45) is -2.92. The Kier molecular flexibility index (Phi) is 2.65. The third-order valence-corrected chi connectivity index (χ3v) is 3.85. The Labute approximate surface area is 90.7 Å². The molecule has 1 heterocycles. The molecule has 0 spiro atoms. The summed E-state index contributed by atoms with van der Waals surface area (Å²) in [5.41, 5.74) is -1.67. The van der Waals surface area contributed by atoms with Crippen LogP contribution in [-0.4, -0.2) is 28.7 Å². The monoisotopic (exact) mass is 238 g/mol. The van der Waals surface area contributed by atoms with Crippen molar-refractivity contribution in [2.75, 3.05) is 5.75 Å². The predicted molar refractivity (Wildman–Crippen MR) is 55.1 cm³/mol. The molecule has 1 aliphatic carbocycles. The Morgan fingerprint density at radius 2 is 2.20 bits per heavy atom. The fourth-order valence-corrected chi connectivity index (χ4v) is 2.65. The van der Waals surface area contributed by atoms with E-state index in [-0.39, 0.29) is 18.9 Å². The summed E-state index contributed by atoms with van der Waals surface area (Å²) in [6, 6.07) is 0.182. The lowest BCUT2D eigenvalue weighted by Crippen LogP contribution is -2.46. The highest BCUT2D eigenvalue weighted by Crippen LogP contribution is 2.49. The summed E-state index contributed by atoms with van der Waals surface area (Å²) in [6.45, 7) is 1.99. The fraction of sp³-hybridized carbons (Fsp3) is 0.889. The summed E-state index contributed by atoms with van der Waals surface area (Å²) in [5.74, 6) is 0.798. The maximum Gasteiger partial charge on any atom is 0.411 e. The second kappa shape index (κ2) is 3.57. The number of nitrogens with zero attached hydrogens (tertiary/aromatic N) is 1. The molecule has 1 unspecified atom stereocenters. The van der Waals surface area contributed by atoms with Gasteiger partial charge in [0.1, 0.15) is 5.54 Å². The minimum absolute atomic E-state index is 0.173. The Morgan fingerprint density at radius 1 is 1.53 bits per heavy atom. The van der Waals surface area contributed by atoms with Gasteiger partial charge in [-0.15, -0.1) is 0 Å². The highest BCUT2D eigenvalue weighted by Gasteiger charge is 2.64. The van der Waals surface area contributed by atoms with Gasteiger partial charge in [-0.05, 0) is 19.3 Å². The van der Waals surface area contributed by atoms with Crippen LogP contribution in [0.25, 0.3) is 0 Å². The van der Waals surface area contributed by atoms with Crippen LogP contribution in [0.5, 0.6) is 0 Å². The third kappa shape index (κ3) is 2.09. The number of amidine groups is 1. The molecule has 1 fully saturated rings. The molecule has 0 aromatic carbocycles. The number of nitrogens with one attached hydrogen (secondary N) is 1. The van der Waals surface area contributed by atoms with Crippen LogP contribution in [0.15, 0.2) is 4.99 Å². The van der Waals surface area contributed by atoms with Crippen molar-refractivity contribution in [2.45, 2.75) is 43.9 Å². The minimum Gasteiger partial charge on any atom is -0.351 e. The second-order valence-electron chi connectivity index (χ2n) is 4.01. The van der Waals surface area contributed by atoms with Crippen LogP contribution in [0.1, 0.15) is 26.2 Å². The van der Waals surface area contributed by atoms with Crippen LogP contribution in [0.2, 0.25) is 0 Å². The number of halogens is 3. The van der Waals surface area contributed by atoms with Gasteiger partial charge in [-0.2, -0.15) is 13.2 Å². The lowest BCUT2D eigenvalue weighted by molar-refractivity contribution is -0.161. The zero-order chi connectivity index (χ0) is 11.1. The second-order valence-corrected chi connectivity index (χ2v) is 5.02. The van der Waals surface area contributed by atoms with E-state index in [0.717, 1.165) is 12.2 Å². The van der Waals surface area contributed by atoms with Crippen molar-refractivity contribution in [1.82, 2.24) is 5.32 Å². The van der Waals surface area contributed by atoms with Gasteiger partial charge in [-0.3, -0.25) is 4.99 Å². The average molecular weight is 238 g/mol. The molecule has 1 N–H and O–H groups in total. The van der Waals surface area contributed by atoms with Crippen molar-refractivity contribution in [2.24, 2.45) is 4.99 Å². The molecule has 1 saturated carbocycles. The molecule has 0 amide bonds. The third-order valence-electron chi connectivity index (χ3n) is 2.82. The topological polar surface area (TPSA) is 24.4 Å². The van der Waals surface area contributed by atoms with Gasteiger partial charge in [-0.25, -0.2) is 0 Å². The summed E-state index contributed by atoms with van der Waals surface area (Å²) in [5, 5.41) is 3.03. The molecular formula is C9H13F3N2S. The van der Waals surface area contributed by atoms with E-state index in [2.05, 4.69) is 10.3 Å². The van der Waals surface area contributed by atoms with Crippen molar-refractivity contribution in [1.29, 1.82) is 0 Å². The van der Waals surface area contributed by atoms with Gasteiger partial charge in [0.2, 0.25) is 0 Å². The van der Waals surface area contributed by atoms with Crippen molar-refractivity contribution in [3.63, 3.8) is 0 Å². The van der Waals surface area contributed by atoms with Crippen molar-refractivity contribution >= 4 is 16.9 Å².